The van der Waals surface area contributed by atoms with E-state index in [9.17, 15) is 18.0 Å². The molecule has 2 rings (SSSR count). The van der Waals surface area contributed by atoms with Crippen molar-refractivity contribution < 1.29 is 18.0 Å². The Morgan fingerprint density at radius 2 is 2.10 bits per heavy atom. The second-order valence-corrected chi connectivity index (χ2v) is 6.09. The Morgan fingerprint density at radius 3 is 2.71 bits per heavy atom. The van der Waals surface area contributed by atoms with Crippen LogP contribution in [0, 0.1) is 0 Å². The van der Waals surface area contributed by atoms with Gasteiger partial charge in [-0.3, -0.25) is 4.79 Å². The number of carbonyl (C=O) groups is 1. The molecule has 0 saturated carbocycles. The first-order valence-electron chi connectivity index (χ1n) is 5.56. The van der Waals surface area contributed by atoms with Gasteiger partial charge in [0.15, 0.2) is 10.8 Å². The average Bonchev–Trinajstić information content (AvgIpc) is 2.86. The normalized spacial score (nSPS) is 11.4. The van der Waals surface area contributed by atoms with E-state index in [4.69, 9.17) is 11.6 Å². The number of aromatic nitrogens is 1. The van der Waals surface area contributed by atoms with E-state index in [-0.39, 0.29) is 10.9 Å². The van der Waals surface area contributed by atoms with Crippen molar-refractivity contribution in [1.82, 2.24) is 4.98 Å². The number of rotatable bonds is 4. The van der Waals surface area contributed by atoms with Gasteiger partial charge in [-0.2, -0.15) is 13.2 Å². The van der Waals surface area contributed by atoms with Crippen LogP contribution in [0.2, 0.25) is 5.02 Å². The second kappa shape index (κ2) is 6.67. The Hall–Kier alpha value is -1.25. The lowest BCUT2D eigenvalue weighted by atomic mass is 10.4. The largest absolute Gasteiger partial charge is 0.434 e. The van der Waals surface area contributed by atoms with Crippen molar-refractivity contribution in [2.75, 3.05) is 11.1 Å². The van der Waals surface area contributed by atoms with Gasteiger partial charge in [-0.1, -0.05) is 23.7 Å². The zero-order valence-corrected chi connectivity index (χ0v) is 12.7. The molecule has 0 aliphatic heterocycles. The first-order valence-corrected chi connectivity index (χ1v) is 7.80. The van der Waals surface area contributed by atoms with E-state index < -0.39 is 17.8 Å². The van der Waals surface area contributed by atoms with Gasteiger partial charge >= 0.3 is 6.18 Å². The minimum absolute atomic E-state index is 0.0324. The summed E-state index contributed by atoms with van der Waals surface area (Å²) in [7, 11) is 0. The number of halogens is 4. The molecule has 0 aliphatic carbocycles. The number of carbonyl (C=O) groups excluding carboxylic acids is 1. The van der Waals surface area contributed by atoms with Crippen molar-refractivity contribution in [1.29, 1.82) is 0 Å². The van der Waals surface area contributed by atoms with E-state index in [0.29, 0.717) is 5.02 Å². The Balaban J connectivity index is 1.90. The average molecular weight is 353 g/mol. The molecule has 112 valence electrons. The van der Waals surface area contributed by atoms with Crippen molar-refractivity contribution in [2.45, 2.75) is 11.1 Å². The Bertz CT molecular complexity index is 645. The summed E-state index contributed by atoms with van der Waals surface area (Å²) < 4.78 is 37.1. The van der Waals surface area contributed by atoms with Crippen molar-refractivity contribution in [2.24, 2.45) is 0 Å². The van der Waals surface area contributed by atoms with Crippen LogP contribution in [0.15, 0.2) is 34.5 Å². The highest BCUT2D eigenvalue weighted by Crippen LogP contribution is 2.32. The highest BCUT2D eigenvalue weighted by atomic mass is 35.5. The number of nitrogens with one attached hydrogen (secondary N) is 1. The summed E-state index contributed by atoms with van der Waals surface area (Å²) in [6.45, 7) is 0. The number of hydrogen-bond donors (Lipinski definition) is 1. The van der Waals surface area contributed by atoms with E-state index in [2.05, 4.69) is 10.3 Å². The minimum Gasteiger partial charge on any atom is -0.301 e. The van der Waals surface area contributed by atoms with Gasteiger partial charge in [0.05, 0.1) is 10.8 Å². The van der Waals surface area contributed by atoms with Gasteiger partial charge in [-0.05, 0) is 12.1 Å². The van der Waals surface area contributed by atoms with Crippen LogP contribution in [-0.2, 0) is 11.0 Å². The maximum atomic E-state index is 12.4. The third-order valence-electron chi connectivity index (χ3n) is 2.24. The number of hydrogen-bond acceptors (Lipinski definition) is 4. The molecule has 21 heavy (non-hydrogen) atoms. The zero-order chi connectivity index (χ0) is 15.5. The molecule has 0 unspecified atom stereocenters. The van der Waals surface area contributed by atoms with Gasteiger partial charge in [0, 0.05) is 10.3 Å². The molecule has 1 N–H and O–H groups in total. The summed E-state index contributed by atoms with van der Waals surface area (Å²) in [6, 6.07) is 6.99. The Kier molecular flexibility index (Phi) is 5.13. The molecule has 0 atom stereocenters. The fourth-order valence-corrected chi connectivity index (χ4v) is 3.09. The van der Waals surface area contributed by atoms with Crippen LogP contribution in [0.3, 0.4) is 0 Å². The highest BCUT2D eigenvalue weighted by Gasteiger charge is 2.33. The van der Waals surface area contributed by atoms with Gasteiger partial charge in [-0.25, -0.2) is 4.98 Å². The highest BCUT2D eigenvalue weighted by molar-refractivity contribution is 8.00. The van der Waals surface area contributed by atoms with Crippen LogP contribution in [0.5, 0.6) is 0 Å². The molecule has 0 aliphatic rings. The summed E-state index contributed by atoms with van der Waals surface area (Å²) >= 11 is 7.86. The van der Waals surface area contributed by atoms with Crippen LogP contribution >= 0.6 is 34.7 Å². The van der Waals surface area contributed by atoms with Crippen LogP contribution in [-0.4, -0.2) is 16.6 Å². The maximum Gasteiger partial charge on any atom is 0.434 e. The molecule has 0 radical (unpaired) electrons. The molecule has 3 nitrogen and oxygen atoms in total. The fraction of sp³-hybridized carbons (Fsp3) is 0.167. The van der Waals surface area contributed by atoms with Gasteiger partial charge < -0.3 is 5.32 Å². The topological polar surface area (TPSA) is 42.0 Å². The lowest BCUT2D eigenvalue weighted by Crippen LogP contribution is -2.14. The standard InChI is InChI=1S/C12H8ClF3N2OS2/c13-7-3-1-2-4-8(7)20-6-10(19)18-11-17-9(5-21-11)12(14,15)16/h1-5H,6H2,(H,17,18,19). The van der Waals surface area contributed by atoms with Crippen LogP contribution in [0.4, 0.5) is 18.3 Å². The summed E-state index contributed by atoms with van der Waals surface area (Å²) in [6.07, 6.45) is -4.51. The second-order valence-electron chi connectivity index (χ2n) is 3.80. The van der Waals surface area contributed by atoms with E-state index in [1.165, 1.54) is 11.8 Å². The van der Waals surface area contributed by atoms with Gasteiger partial charge in [0.25, 0.3) is 0 Å². The maximum absolute atomic E-state index is 12.4. The number of amides is 1. The van der Waals surface area contributed by atoms with Crippen LogP contribution < -0.4 is 5.32 Å². The number of anilines is 1. The predicted octanol–water partition coefficient (Wildman–Crippen LogP) is 4.55. The van der Waals surface area contributed by atoms with Gasteiger partial charge in [0.1, 0.15) is 0 Å². The van der Waals surface area contributed by atoms with E-state index >= 15 is 0 Å². The van der Waals surface area contributed by atoms with Gasteiger partial charge in [0.2, 0.25) is 5.91 Å². The SMILES string of the molecule is O=C(CSc1ccccc1Cl)Nc1nc(C(F)(F)F)cs1. The summed E-state index contributed by atoms with van der Waals surface area (Å²) in [5.74, 6) is -0.409. The first-order chi connectivity index (χ1) is 9.86. The molecule has 0 saturated heterocycles. The van der Waals surface area contributed by atoms with Crippen molar-refractivity contribution in [3.63, 3.8) is 0 Å². The predicted molar refractivity (Wildman–Crippen MR) is 77.9 cm³/mol. The summed E-state index contributed by atoms with van der Waals surface area (Å²) in [5.41, 5.74) is -1.01. The smallest absolute Gasteiger partial charge is 0.301 e. The zero-order valence-electron chi connectivity index (χ0n) is 10.3. The Morgan fingerprint density at radius 1 is 1.38 bits per heavy atom. The number of alkyl halides is 3. The van der Waals surface area contributed by atoms with E-state index in [0.717, 1.165) is 21.6 Å². The van der Waals surface area contributed by atoms with Crippen LogP contribution in [0.25, 0.3) is 0 Å². The van der Waals surface area contributed by atoms with Crippen LogP contribution in [0.1, 0.15) is 5.69 Å². The molecule has 0 spiro atoms. The number of benzene rings is 1. The van der Waals surface area contributed by atoms with Crippen molar-refractivity contribution >= 4 is 45.7 Å². The lowest BCUT2D eigenvalue weighted by molar-refractivity contribution is -0.140. The molecule has 1 aromatic heterocycles. The molecule has 9 heteroatoms. The molecule has 1 amide bonds. The third-order valence-corrected chi connectivity index (χ3v) is 4.51. The quantitative estimate of drug-likeness (QED) is 0.821. The monoisotopic (exact) mass is 352 g/mol. The molecule has 0 bridgehead atoms. The molecule has 0 fully saturated rings. The first kappa shape index (κ1) is 16.1. The summed E-state index contributed by atoms with van der Waals surface area (Å²) in [4.78, 5) is 15.7. The minimum atomic E-state index is -4.51. The van der Waals surface area contributed by atoms with E-state index in [1.807, 2.05) is 0 Å². The Labute approximate surface area is 131 Å². The van der Waals surface area contributed by atoms with E-state index in [1.54, 1.807) is 24.3 Å². The third kappa shape index (κ3) is 4.62. The van der Waals surface area contributed by atoms with Crippen molar-refractivity contribution in [3.8, 4) is 0 Å². The number of thioether (sulfide) groups is 1. The summed E-state index contributed by atoms with van der Waals surface area (Å²) in [5, 5.41) is 3.63. The lowest BCUT2D eigenvalue weighted by Gasteiger charge is -2.04. The molecule has 2 aromatic rings. The van der Waals surface area contributed by atoms with Crippen molar-refractivity contribution in [3.05, 3.63) is 40.4 Å². The molecular formula is C12H8ClF3N2OS2. The number of thiazole rings is 1. The fourth-order valence-electron chi connectivity index (χ4n) is 1.32. The molecule has 1 aromatic carbocycles. The number of nitrogens with zero attached hydrogens (tertiary/aromatic N) is 1. The van der Waals surface area contributed by atoms with Gasteiger partial charge in [-0.15, -0.1) is 23.1 Å². The molecule has 1 heterocycles. The molecular weight excluding hydrogens is 345 g/mol.